The third kappa shape index (κ3) is 5.62. The van der Waals surface area contributed by atoms with Gasteiger partial charge in [-0.1, -0.05) is 41.6 Å². The molecule has 0 aliphatic rings. The number of ether oxygens (including phenoxy) is 1. The molecule has 0 aliphatic carbocycles. The zero-order valence-corrected chi connectivity index (χ0v) is 16.2. The third-order valence-corrected chi connectivity index (χ3v) is 3.76. The molecule has 1 amide bonds. The minimum atomic E-state index is -0.630. The lowest BCUT2D eigenvalue weighted by Crippen LogP contribution is -2.15. The van der Waals surface area contributed by atoms with Crippen LogP contribution in [0, 0.1) is 12.3 Å². The first-order valence-electron chi connectivity index (χ1n) is 8.98. The number of rotatable bonds is 8. The summed E-state index contributed by atoms with van der Waals surface area (Å²) in [4.78, 5) is 21.5. The number of tetrazole rings is 1. The number of terminal acetylenes is 1. The first kappa shape index (κ1) is 20.5. The Balaban J connectivity index is 1.68. The van der Waals surface area contributed by atoms with Gasteiger partial charge in [-0.3, -0.25) is 5.32 Å². The molecule has 1 N–H and O–H groups in total. The van der Waals surface area contributed by atoms with Gasteiger partial charge < -0.3 is 9.57 Å². The number of benzene rings is 1. The molecule has 10 heteroatoms. The van der Waals surface area contributed by atoms with Crippen molar-refractivity contribution in [2.24, 2.45) is 12.2 Å². The van der Waals surface area contributed by atoms with Gasteiger partial charge >= 0.3 is 6.09 Å². The Hall–Kier alpha value is -4.26. The Morgan fingerprint density at radius 3 is 2.80 bits per heavy atom. The van der Waals surface area contributed by atoms with Crippen molar-refractivity contribution in [2.75, 3.05) is 11.9 Å². The molecule has 1 aromatic carbocycles. The first-order chi connectivity index (χ1) is 14.7. The highest BCUT2D eigenvalue weighted by molar-refractivity contribution is 6.10. The van der Waals surface area contributed by atoms with Gasteiger partial charge in [0.25, 0.3) is 0 Å². The maximum atomic E-state index is 11.7. The number of amides is 1. The highest BCUT2D eigenvalue weighted by atomic mass is 16.6. The van der Waals surface area contributed by atoms with Gasteiger partial charge in [0.15, 0.2) is 12.3 Å². The summed E-state index contributed by atoms with van der Waals surface area (Å²) in [6.45, 7) is 0.211. The molecule has 10 nitrogen and oxygen atoms in total. The van der Waals surface area contributed by atoms with Crippen molar-refractivity contribution in [3.05, 3.63) is 65.6 Å². The number of aryl methyl sites for hydroxylation is 1. The fourth-order valence-corrected chi connectivity index (χ4v) is 2.38. The summed E-state index contributed by atoms with van der Waals surface area (Å²) >= 11 is 0. The molecule has 0 saturated carbocycles. The molecule has 2 heterocycles. The topological polar surface area (TPSA) is 116 Å². The predicted molar refractivity (Wildman–Crippen MR) is 108 cm³/mol. The molecule has 0 spiro atoms. The van der Waals surface area contributed by atoms with E-state index in [0.717, 1.165) is 5.56 Å². The van der Waals surface area contributed by atoms with Gasteiger partial charge in [-0.15, -0.1) is 17.4 Å². The normalized spacial score (nSPS) is 10.9. The maximum Gasteiger partial charge on any atom is 0.412 e. The summed E-state index contributed by atoms with van der Waals surface area (Å²) < 4.78 is 6.44. The summed E-state index contributed by atoms with van der Waals surface area (Å²) in [5, 5.41) is 18.2. The van der Waals surface area contributed by atoms with Gasteiger partial charge in [-0.25, -0.2) is 14.5 Å². The molecular formula is C20H19N7O3. The smallest absolute Gasteiger partial charge is 0.412 e. The number of oxime groups is 1. The molecular weight excluding hydrogens is 386 g/mol. The number of pyridine rings is 1. The maximum absolute atomic E-state index is 11.7. The largest absolute Gasteiger partial charge is 0.448 e. The van der Waals surface area contributed by atoms with Crippen LogP contribution in [-0.4, -0.2) is 43.6 Å². The quantitative estimate of drug-likeness (QED) is 0.264. The molecule has 30 heavy (non-hydrogen) atoms. The minimum absolute atomic E-state index is 0.0727. The van der Waals surface area contributed by atoms with Crippen LogP contribution in [0.3, 0.4) is 0 Å². The second-order valence-corrected chi connectivity index (χ2v) is 5.93. The summed E-state index contributed by atoms with van der Waals surface area (Å²) in [6, 6.07) is 14.5. The predicted octanol–water partition coefficient (Wildman–Crippen LogP) is 2.15. The number of anilines is 1. The number of nitrogens with zero attached hydrogens (tertiary/aromatic N) is 6. The van der Waals surface area contributed by atoms with Gasteiger partial charge in [0, 0.05) is 19.0 Å². The third-order valence-electron chi connectivity index (χ3n) is 3.76. The van der Waals surface area contributed by atoms with E-state index >= 15 is 0 Å². The lowest BCUT2D eigenvalue weighted by atomic mass is 10.1. The van der Waals surface area contributed by atoms with Gasteiger partial charge in [-0.2, -0.15) is 0 Å². The zero-order valence-electron chi connectivity index (χ0n) is 16.2. The van der Waals surface area contributed by atoms with Crippen LogP contribution in [0.25, 0.3) is 0 Å². The molecule has 152 valence electrons. The van der Waals surface area contributed by atoms with Crippen LogP contribution in [0.15, 0.2) is 53.7 Å². The second-order valence-electron chi connectivity index (χ2n) is 5.93. The van der Waals surface area contributed by atoms with E-state index in [1.165, 1.54) is 4.68 Å². The number of hydrogen-bond donors (Lipinski definition) is 1. The van der Waals surface area contributed by atoms with E-state index in [1.807, 2.05) is 30.3 Å². The van der Waals surface area contributed by atoms with Crippen LogP contribution in [0.2, 0.25) is 0 Å². The van der Waals surface area contributed by atoms with Crippen molar-refractivity contribution < 1.29 is 14.4 Å². The molecule has 0 saturated heterocycles. The fourth-order valence-electron chi connectivity index (χ4n) is 2.38. The molecule has 0 unspecified atom stereocenters. The monoisotopic (exact) mass is 405 g/mol. The number of carbonyl (C=O) groups is 1. The van der Waals surface area contributed by atoms with Crippen molar-refractivity contribution in [1.29, 1.82) is 0 Å². The molecule has 0 bridgehead atoms. The lowest BCUT2D eigenvalue weighted by Gasteiger charge is -2.08. The van der Waals surface area contributed by atoms with Crippen LogP contribution >= 0.6 is 0 Å². The first-order valence-corrected chi connectivity index (χ1v) is 8.98. The van der Waals surface area contributed by atoms with Crippen LogP contribution < -0.4 is 5.32 Å². The SMILES string of the molecule is C#CCCOC(=O)Nc1cccc(CO/N=C(/c2ccccc2)c2nnnn2C)n1. The van der Waals surface area contributed by atoms with Gasteiger partial charge in [0.1, 0.15) is 12.4 Å². The molecule has 0 radical (unpaired) electrons. The van der Waals surface area contributed by atoms with Gasteiger partial charge in [0.05, 0.1) is 5.69 Å². The van der Waals surface area contributed by atoms with Crippen LogP contribution in [-0.2, 0) is 23.2 Å². The summed E-state index contributed by atoms with van der Waals surface area (Å²) in [5.41, 5.74) is 1.84. The van der Waals surface area contributed by atoms with Crippen molar-refractivity contribution >= 4 is 17.6 Å². The summed E-state index contributed by atoms with van der Waals surface area (Å²) in [6.07, 6.45) is 4.84. The van der Waals surface area contributed by atoms with Gasteiger partial charge in [-0.05, 0) is 22.6 Å². The molecule has 0 atom stereocenters. The highest BCUT2D eigenvalue weighted by Gasteiger charge is 2.14. The second kappa shape index (κ2) is 10.3. The van der Waals surface area contributed by atoms with E-state index in [-0.39, 0.29) is 13.2 Å². The zero-order chi connectivity index (χ0) is 21.2. The average Bonchev–Trinajstić information content (AvgIpc) is 3.18. The molecule has 2 aromatic heterocycles. The summed E-state index contributed by atoms with van der Waals surface area (Å²) in [5.74, 6) is 3.17. The van der Waals surface area contributed by atoms with E-state index in [2.05, 4.69) is 36.9 Å². The van der Waals surface area contributed by atoms with Crippen molar-refractivity contribution in [1.82, 2.24) is 25.2 Å². The van der Waals surface area contributed by atoms with Crippen LogP contribution in [0.4, 0.5) is 10.6 Å². The average molecular weight is 405 g/mol. The lowest BCUT2D eigenvalue weighted by molar-refractivity contribution is 0.128. The molecule has 3 aromatic rings. The van der Waals surface area contributed by atoms with Crippen molar-refractivity contribution in [3.63, 3.8) is 0 Å². The standard InChI is InChI=1S/C20H19N7O3/c1-3-4-13-29-20(28)22-17-12-8-11-16(21-17)14-30-24-18(15-9-6-5-7-10-15)19-23-25-26-27(19)2/h1,5-12H,4,13-14H2,2H3,(H,21,22,28)/b24-18-. The van der Waals surface area contributed by atoms with E-state index in [9.17, 15) is 4.79 Å². The fraction of sp³-hybridized carbons (Fsp3) is 0.200. The molecule has 0 aliphatic heterocycles. The molecule has 3 rings (SSSR count). The Morgan fingerprint density at radius 2 is 2.07 bits per heavy atom. The van der Waals surface area contributed by atoms with Crippen molar-refractivity contribution in [2.45, 2.75) is 13.0 Å². The minimum Gasteiger partial charge on any atom is -0.448 e. The number of nitrogens with one attached hydrogen (secondary N) is 1. The highest BCUT2D eigenvalue weighted by Crippen LogP contribution is 2.10. The number of carbonyl (C=O) groups excluding carboxylic acids is 1. The van der Waals surface area contributed by atoms with E-state index in [0.29, 0.717) is 29.5 Å². The van der Waals surface area contributed by atoms with Crippen molar-refractivity contribution in [3.8, 4) is 12.3 Å². The Labute approximate surface area is 172 Å². The Kier molecular flexibility index (Phi) is 7.05. The van der Waals surface area contributed by atoms with E-state index < -0.39 is 6.09 Å². The van der Waals surface area contributed by atoms with Crippen LogP contribution in [0.5, 0.6) is 0 Å². The van der Waals surface area contributed by atoms with E-state index in [4.69, 9.17) is 16.0 Å². The Morgan fingerprint density at radius 1 is 1.23 bits per heavy atom. The molecule has 0 fully saturated rings. The number of hydrogen-bond acceptors (Lipinski definition) is 8. The van der Waals surface area contributed by atoms with Crippen LogP contribution in [0.1, 0.15) is 23.5 Å². The Bertz CT molecular complexity index is 1060. The van der Waals surface area contributed by atoms with E-state index in [1.54, 1.807) is 25.2 Å². The van der Waals surface area contributed by atoms with Gasteiger partial charge in [0.2, 0.25) is 5.82 Å². The summed E-state index contributed by atoms with van der Waals surface area (Å²) in [7, 11) is 1.72. The number of aromatic nitrogens is 5.